The molecule has 1 atom stereocenters. The zero-order valence-electron chi connectivity index (χ0n) is 12.3. The summed E-state index contributed by atoms with van der Waals surface area (Å²) in [6.45, 7) is 2.79. The summed E-state index contributed by atoms with van der Waals surface area (Å²) in [5, 5.41) is 2.98. The third kappa shape index (κ3) is 3.06. The molecule has 2 aromatic heterocycles. The fraction of sp³-hybridized carbons (Fsp3) is 0.538. The Morgan fingerprint density at radius 2 is 2.26 bits per heavy atom. The smallest absolute Gasteiger partial charge is 0.364 e. The fourth-order valence-corrected chi connectivity index (χ4v) is 2.59. The van der Waals surface area contributed by atoms with E-state index in [1.54, 1.807) is 11.8 Å². The van der Waals surface area contributed by atoms with Crippen molar-refractivity contribution in [3.8, 4) is 0 Å². The van der Waals surface area contributed by atoms with E-state index < -0.39 is 12.0 Å². The van der Waals surface area contributed by atoms with E-state index in [1.807, 2.05) is 0 Å². The number of aromatic amines is 1. The minimum Gasteiger partial charge on any atom is -0.364 e. The van der Waals surface area contributed by atoms with Crippen LogP contribution in [0.25, 0.3) is 11.2 Å². The highest BCUT2D eigenvalue weighted by molar-refractivity contribution is 5.82. The van der Waals surface area contributed by atoms with Crippen molar-refractivity contribution in [3.05, 3.63) is 12.2 Å². The molecule has 0 unspecified atom stereocenters. The molecular weight excluding hydrogens is 313 g/mol. The molecular formula is C13H15F3N6O. The van der Waals surface area contributed by atoms with Gasteiger partial charge in [-0.25, -0.2) is 15.0 Å². The summed E-state index contributed by atoms with van der Waals surface area (Å²) >= 11 is 0. The molecule has 1 amide bonds. The lowest BCUT2D eigenvalue weighted by molar-refractivity contribution is -0.144. The minimum atomic E-state index is -4.65. The Kier molecular flexibility index (Phi) is 3.82. The van der Waals surface area contributed by atoms with Crippen LogP contribution in [-0.4, -0.2) is 49.9 Å². The lowest BCUT2D eigenvalue weighted by Crippen LogP contribution is -2.31. The second-order valence-electron chi connectivity index (χ2n) is 5.32. The molecule has 2 aromatic rings. The summed E-state index contributed by atoms with van der Waals surface area (Å²) < 4.78 is 38.7. The van der Waals surface area contributed by atoms with Gasteiger partial charge < -0.3 is 15.2 Å². The van der Waals surface area contributed by atoms with Crippen molar-refractivity contribution >= 4 is 22.9 Å². The molecule has 3 rings (SSSR count). The number of anilines is 1. The predicted octanol–water partition coefficient (Wildman–Crippen LogP) is 1.79. The molecule has 7 nitrogen and oxygen atoms in total. The zero-order chi connectivity index (χ0) is 16.6. The van der Waals surface area contributed by atoms with Crippen LogP contribution in [0.15, 0.2) is 6.33 Å². The third-order valence-corrected chi connectivity index (χ3v) is 3.72. The van der Waals surface area contributed by atoms with Gasteiger partial charge in [0.05, 0.1) is 6.33 Å². The van der Waals surface area contributed by atoms with Gasteiger partial charge in [-0.15, -0.1) is 0 Å². The van der Waals surface area contributed by atoms with Crippen molar-refractivity contribution in [2.24, 2.45) is 0 Å². The Morgan fingerprint density at radius 1 is 1.48 bits per heavy atom. The van der Waals surface area contributed by atoms with Crippen molar-refractivity contribution in [2.75, 3.05) is 18.4 Å². The first-order chi connectivity index (χ1) is 10.9. The first kappa shape index (κ1) is 15.5. The molecule has 1 aliphatic rings. The Hall–Kier alpha value is -2.39. The maximum Gasteiger partial charge on any atom is 0.451 e. The standard InChI is InChI=1S/C13H15F3N6O/c1-2-8(23)22-4-3-7(5-22)19-11-9-10(18-6-17-9)20-12(21-11)13(14,15)16/h6-7H,2-5H2,1H3,(H2,17,18,19,20,21)/t7-/m0/s1. The zero-order valence-corrected chi connectivity index (χ0v) is 12.3. The average Bonchev–Trinajstić information content (AvgIpc) is 3.14. The maximum absolute atomic E-state index is 12.9. The number of likely N-dealkylation sites (tertiary alicyclic amines) is 1. The highest BCUT2D eigenvalue weighted by Crippen LogP contribution is 2.29. The van der Waals surface area contributed by atoms with E-state index in [0.717, 1.165) is 0 Å². The van der Waals surface area contributed by atoms with E-state index in [-0.39, 0.29) is 23.4 Å². The number of rotatable bonds is 3. The molecule has 2 N–H and O–H groups in total. The summed E-state index contributed by atoms with van der Waals surface area (Å²) in [5.41, 5.74) is 0.271. The summed E-state index contributed by atoms with van der Waals surface area (Å²) in [5.74, 6) is -1.16. The van der Waals surface area contributed by atoms with Crippen molar-refractivity contribution in [1.29, 1.82) is 0 Å². The number of fused-ring (bicyclic) bond motifs is 1. The number of H-pyrrole nitrogens is 1. The molecule has 124 valence electrons. The lowest BCUT2D eigenvalue weighted by atomic mass is 10.2. The maximum atomic E-state index is 12.9. The number of alkyl halides is 3. The molecule has 0 aromatic carbocycles. The SMILES string of the molecule is CCC(=O)N1CC[C@H](Nc2nc(C(F)(F)F)nc3nc[nH]c23)C1. The third-order valence-electron chi connectivity index (χ3n) is 3.72. The molecule has 23 heavy (non-hydrogen) atoms. The Morgan fingerprint density at radius 3 is 2.96 bits per heavy atom. The van der Waals surface area contributed by atoms with Gasteiger partial charge in [0, 0.05) is 25.6 Å². The number of nitrogens with zero attached hydrogens (tertiary/aromatic N) is 4. The lowest BCUT2D eigenvalue weighted by Gasteiger charge is -2.17. The number of amides is 1. The van der Waals surface area contributed by atoms with Gasteiger partial charge in [0.25, 0.3) is 0 Å². The highest BCUT2D eigenvalue weighted by Gasteiger charge is 2.36. The second-order valence-corrected chi connectivity index (χ2v) is 5.32. The minimum absolute atomic E-state index is 0.0275. The van der Waals surface area contributed by atoms with Crippen LogP contribution >= 0.6 is 0 Å². The highest BCUT2D eigenvalue weighted by atomic mass is 19.4. The topological polar surface area (TPSA) is 86.8 Å². The molecule has 3 heterocycles. The van der Waals surface area contributed by atoms with Crippen LogP contribution in [0.4, 0.5) is 19.0 Å². The van der Waals surface area contributed by atoms with Crippen LogP contribution in [0.3, 0.4) is 0 Å². The van der Waals surface area contributed by atoms with Crippen LogP contribution in [0.5, 0.6) is 0 Å². The quantitative estimate of drug-likeness (QED) is 0.897. The summed E-state index contributed by atoms with van der Waals surface area (Å²) in [4.78, 5) is 26.9. The summed E-state index contributed by atoms with van der Waals surface area (Å²) in [7, 11) is 0. The molecule has 0 spiro atoms. The van der Waals surface area contributed by atoms with Crippen molar-refractivity contribution in [1.82, 2.24) is 24.8 Å². The molecule has 1 saturated heterocycles. The number of imidazole rings is 1. The number of aromatic nitrogens is 4. The summed E-state index contributed by atoms with van der Waals surface area (Å²) in [6, 6.07) is -0.159. The Bertz CT molecular complexity index is 728. The van der Waals surface area contributed by atoms with Crippen molar-refractivity contribution < 1.29 is 18.0 Å². The number of nitrogens with one attached hydrogen (secondary N) is 2. The molecule has 0 radical (unpaired) electrons. The largest absolute Gasteiger partial charge is 0.451 e. The van der Waals surface area contributed by atoms with Gasteiger partial charge in [0.15, 0.2) is 11.5 Å². The van der Waals surface area contributed by atoms with E-state index in [0.29, 0.717) is 31.4 Å². The van der Waals surface area contributed by atoms with Gasteiger partial charge in [-0.2, -0.15) is 13.2 Å². The van der Waals surface area contributed by atoms with Gasteiger partial charge >= 0.3 is 6.18 Å². The first-order valence-electron chi connectivity index (χ1n) is 7.21. The van der Waals surface area contributed by atoms with E-state index in [4.69, 9.17) is 0 Å². The van der Waals surface area contributed by atoms with Gasteiger partial charge in [-0.05, 0) is 6.42 Å². The normalized spacial score (nSPS) is 18.6. The Balaban J connectivity index is 1.85. The molecule has 1 aliphatic heterocycles. The number of hydrogen-bond donors (Lipinski definition) is 2. The van der Waals surface area contributed by atoms with Gasteiger partial charge in [0.2, 0.25) is 11.7 Å². The molecule has 0 aliphatic carbocycles. The van der Waals surface area contributed by atoms with Crippen molar-refractivity contribution in [2.45, 2.75) is 32.0 Å². The van der Waals surface area contributed by atoms with E-state index in [2.05, 4.69) is 25.3 Å². The van der Waals surface area contributed by atoms with Crippen LogP contribution in [0.2, 0.25) is 0 Å². The molecule has 0 bridgehead atoms. The van der Waals surface area contributed by atoms with E-state index in [9.17, 15) is 18.0 Å². The average molecular weight is 328 g/mol. The number of halogens is 3. The van der Waals surface area contributed by atoms with E-state index in [1.165, 1.54) is 6.33 Å². The van der Waals surface area contributed by atoms with Gasteiger partial charge in [-0.3, -0.25) is 4.79 Å². The van der Waals surface area contributed by atoms with Gasteiger partial charge in [-0.1, -0.05) is 6.92 Å². The Labute approximate surface area is 129 Å². The first-order valence-corrected chi connectivity index (χ1v) is 7.21. The predicted molar refractivity (Wildman–Crippen MR) is 75.6 cm³/mol. The number of carbonyl (C=O) groups is 1. The van der Waals surface area contributed by atoms with Crippen LogP contribution < -0.4 is 5.32 Å². The molecule has 10 heteroatoms. The number of hydrogen-bond acceptors (Lipinski definition) is 5. The van der Waals surface area contributed by atoms with Crippen LogP contribution in [-0.2, 0) is 11.0 Å². The van der Waals surface area contributed by atoms with Crippen LogP contribution in [0, 0.1) is 0 Å². The van der Waals surface area contributed by atoms with Gasteiger partial charge in [0.1, 0.15) is 5.52 Å². The summed E-state index contributed by atoms with van der Waals surface area (Å²) in [6.07, 6.45) is -2.33. The van der Waals surface area contributed by atoms with E-state index >= 15 is 0 Å². The van der Waals surface area contributed by atoms with Crippen LogP contribution in [0.1, 0.15) is 25.6 Å². The van der Waals surface area contributed by atoms with Crippen molar-refractivity contribution in [3.63, 3.8) is 0 Å². The monoisotopic (exact) mass is 328 g/mol. The molecule has 1 fully saturated rings. The fourth-order valence-electron chi connectivity index (χ4n) is 2.59. The molecule has 0 saturated carbocycles. The number of carbonyl (C=O) groups excluding carboxylic acids is 1. The second kappa shape index (κ2) is 5.67.